The summed E-state index contributed by atoms with van der Waals surface area (Å²) in [5.41, 5.74) is 8.42. The summed E-state index contributed by atoms with van der Waals surface area (Å²) < 4.78 is 1.97. The molecule has 0 atom stereocenters. The van der Waals surface area contributed by atoms with Crippen molar-refractivity contribution in [3.8, 4) is 5.69 Å². The van der Waals surface area contributed by atoms with Crippen molar-refractivity contribution in [1.29, 1.82) is 0 Å². The maximum absolute atomic E-state index is 12.9. The molecule has 29 heavy (non-hydrogen) atoms. The molecule has 1 aromatic heterocycles. The molecule has 2 amide bonds. The van der Waals surface area contributed by atoms with Gasteiger partial charge in [-0.25, -0.2) is 4.98 Å². The van der Waals surface area contributed by atoms with Crippen molar-refractivity contribution in [2.75, 3.05) is 13.1 Å². The van der Waals surface area contributed by atoms with Gasteiger partial charge < -0.3 is 10.6 Å². The molecule has 0 saturated carbocycles. The zero-order valence-electron chi connectivity index (χ0n) is 16.1. The highest BCUT2D eigenvalue weighted by Crippen LogP contribution is 2.26. The van der Waals surface area contributed by atoms with Gasteiger partial charge in [-0.15, -0.1) is 0 Å². The fourth-order valence-electron chi connectivity index (χ4n) is 3.85. The molecule has 0 radical (unpaired) electrons. The number of nitrogens with two attached hydrogens (primary N) is 1. The SMILES string of the molecule is NC(=O)CCc1nc2cc(C(=O)N3CCCCC3)ccc2n1-c1cccc(Cl)c1. The van der Waals surface area contributed by atoms with Crippen LogP contribution in [-0.4, -0.2) is 39.4 Å². The van der Waals surface area contributed by atoms with Gasteiger partial charge in [-0.1, -0.05) is 17.7 Å². The molecule has 1 saturated heterocycles. The van der Waals surface area contributed by atoms with E-state index in [9.17, 15) is 9.59 Å². The maximum atomic E-state index is 12.9. The number of imidazole rings is 1. The van der Waals surface area contributed by atoms with Gasteiger partial charge in [0.1, 0.15) is 5.82 Å². The second kappa shape index (κ2) is 8.25. The van der Waals surface area contributed by atoms with Gasteiger partial charge in [0.05, 0.1) is 11.0 Å². The minimum absolute atomic E-state index is 0.0441. The standard InChI is InChI=1S/C22H23ClN4O2/c23-16-5-4-6-17(14-16)27-19-8-7-15(22(29)26-11-2-1-3-12-26)13-18(19)25-21(27)10-9-20(24)28/h4-8,13-14H,1-3,9-12H2,(H2,24,28). The molecule has 150 valence electrons. The summed E-state index contributed by atoms with van der Waals surface area (Å²) in [6.07, 6.45) is 3.88. The molecule has 2 heterocycles. The van der Waals surface area contributed by atoms with Crippen LogP contribution in [0.3, 0.4) is 0 Å². The molecule has 1 aliphatic rings. The molecule has 4 rings (SSSR count). The molecule has 0 aliphatic carbocycles. The van der Waals surface area contributed by atoms with E-state index in [1.54, 1.807) is 0 Å². The number of nitrogens with zero attached hydrogens (tertiary/aromatic N) is 3. The molecular formula is C22H23ClN4O2. The van der Waals surface area contributed by atoms with E-state index in [0.29, 0.717) is 28.3 Å². The number of aryl methyl sites for hydroxylation is 1. The lowest BCUT2D eigenvalue weighted by molar-refractivity contribution is -0.118. The van der Waals surface area contributed by atoms with Crippen molar-refractivity contribution in [2.24, 2.45) is 5.73 Å². The van der Waals surface area contributed by atoms with Gasteiger partial charge in [-0.2, -0.15) is 0 Å². The van der Waals surface area contributed by atoms with E-state index in [4.69, 9.17) is 22.3 Å². The quantitative estimate of drug-likeness (QED) is 0.695. The first-order chi connectivity index (χ1) is 14.0. The number of primary amides is 1. The predicted octanol–water partition coefficient (Wildman–Crippen LogP) is 3.72. The van der Waals surface area contributed by atoms with E-state index in [2.05, 4.69) is 0 Å². The molecule has 2 N–H and O–H groups in total. The minimum Gasteiger partial charge on any atom is -0.370 e. The largest absolute Gasteiger partial charge is 0.370 e. The van der Waals surface area contributed by atoms with Gasteiger partial charge in [-0.3, -0.25) is 14.2 Å². The summed E-state index contributed by atoms with van der Waals surface area (Å²) in [6, 6.07) is 13.1. The number of amides is 2. The first-order valence-corrected chi connectivity index (χ1v) is 10.3. The average molecular weight is 411 g/mol. The Kier molecular flexibility index (Phi) is 5.53. The Hall–Kier alpha value is -2.86. The van der Waals surface area contributed by atoms with E-state index in [0.717, 1.165) is 37.1 Å². The summed E-state index contributed by atoms with van der Waals surface area (Å²) in [6.45, 7) is 1.61. The first kappa shape index (κ1) is 19.5. The molecule has 0 unspecified atom stereocenters. The van der Waals surface area contributed by atoms with Crippen LogP contribution >= 0.6 is 11.6 Å². The van der Waals surface area contributed by atoms with Crippen LogP contribution in [0.15, 0.2) is 42.5 Å². The van der Waals surface area contributed by atoms with Gasteiger partial charge >= 0.3 is 0 Å². The summed E-state index contributed by atoms with van der Waals surface area (Å²) in [5.74, 6) is 0.377. The zero-order valence-corrected chi connectivity index (χ0v) is 16.9. The van der Waals surface area contributed by atoms with E-state index >= 15 is 0 Å². The Morgan fingerprint density at radius 1 is 1.07 bits per heavy atom. The average Bonchev–Trinajstić information content (AvgIpc) is 3.10. The molecule has 0 bridgehead atoms. The molecule has 6 nitrogen and oxygen atoms in total. The van der Waals surface area contributed by atoms with Crippen molar-refractivity contribution in [3.63, 3.8) is 0 Å². The molecule has 0 spiro atoms. The molecule has 7 heteroatoms. The fourth-order valence-corrected chi connectivity index (χ4v) is 4.03. The van der Waals surface area contributed by atoms with Crippen LogP contribution < -0.4 is 5.73 Å². The number of hydrogen-bond acceptors (Lipinski definition) is 3. The number of carbonyl (C=O) groups is 2. The lowest BCUT2D eigenvalue weighted by Crippen LogP contribution is -2.35. The van der Waals surface area contributed by atoms with Crippen molar-refractivity contribution >= 4 is 34.4 Å². The molecule has 3 aromatic rings. The van der Waals surface area contributed by atoms with Crippen LogP contribution in [0, 0.1) is 0 Å². The van der Waals surface area contributed by atoms with Crippen LogP contribution in [0.2, 0.25) is 5.02 Å². The maximum Gasteiger partial charge on any atom is 0.253 e. The van der Waals surface area contributed by atoms with Crippen molar-refractivity contribution in [2.45, 2.75) is 32.1 Å². The normalized spacial score (nSPS) is 14.3. The van der Waals surface area contributed by atoms with Gasteiger partial charge in [0.2, 0.25) is 5.91 Å². The van der Waals surface area contributed by atoms with Gasteiger partial charge in [-0.05, 0) is 55.7 Å². The molecular weight excluding hydrogens is 388 g/mol. The van der Waals surface area contributed by atoms with E-state index < -0.39 is 0 Å². The van der Waals surface area contributed by atoms with Gasteiger partial charge in [0.25, 0.3) is 5.91 Å². The van der Waals surface area contributed by atoms with Crippen LogP contribution in [0.4, 0.5) is 0 Å². The molecule has 2 aromatic carbocycles. The predicted molar refractivity (Wildman–Crippen MR) is 113 cm³/mol. The number of halogens is 1. The number of benzene rings is 2. The lowest BCUT2D eigenvalue weighted by atomic mass is 10.1. The van der Waals surface area contributed by atoms with Crippen LogP contribution in [0.5, 0.6) is 0 Å². The Morgan fingerprint density at radius 2 is 1.86 bits per heavy atom. The fraction of sp³-hybridized carbons (Fsp3) is 0.318. The van der Waals surface area contributed by atoms with Crippen molar-refractivity contribution in [3.05, 3.63) is 58.9 Å². The number of carbonyl (C=O) groups excluding carboxylic acids is 2. The Balaban J connectivity index is 1.76. The Morgan fingerprint density at radius 3 is 2.59 bits per heavy atom. The Labute approximate surface area is 174 Å². The second-order valence-electron chi connectivity index (χ2n) is 7.37. The molecule has 1 aliphatic heterocycles. The summed E-state index contributed by atoms with van der Waals surface area (Å²) in [7, 11) is 0. The number of fused-ring (bicyclic) bond motifs is 1. The smallest absolute Gasteiger partial charge is 0.253 e. The zero-order chi connectivity index (χ0) is 20.4. The van der Waals surface area contributed by atoms with Crippen molar-refractivity contribution in [1.82, 2.24) is 14.5 Å². The topological polar surface area (TPSA) is 81.2 Å². The van der Waals surface area contributed by atoms with Crippen LogP contribution in [0.1, 0.15) is 41.9 Å². The van der Waals surface area contributed by atoms with Crippen molar-refractivity contribution < 1.29 is 9.59 Å². The van der Waals surface area contributed by atoms with E-state index in [1.165, 1.54) is 6.42 Å². The number of aromatic nitrogens is 2. The highest BCUT2D eigenvalue weighted by molar-refractivity contribution is 6.30. The number of hydrogen-bond donors (Lipinski definition) is 1. The highest BCUT2D eigenvalue weighted by atomic mass is 35.5. The number of likely N-dealkylation sites (tertiary alicyclic amines) is 1. The highest BCUT2D eigenvalue weighted by Gasteiger charge is 2.20. The first-order valence-electron chi connectivity index (χ1n) is 9.88. The second-order valence-corrected chi connectivity index (χ2v) is 7.80. The van der Waals surface area contributed by atoms with Gasteiger partial charge in [0.15, 0.2) is 0 Å². The third-order valence-corrected chi connectivity index (χ3v) is 5.51. The number of piperidine rings is 1. The molecule has 1 fully saturated rings. The summed E-state index contributed by atoms with van der Waals surface area (Å²) in [5, 5.41) is 0.613. The Bertz CT molecular complexity index is 1070. The third kappa shape index (κ3) is 4.12. The third-order valence-electron chi connectivity index (χ3n) is 5.28. The summed E-state index contributed by atoms with van der Waals surface area (Å²) in [4.78, 5) is 30.8. The monoisotopic (exact) mass is 410 g/mol. The van der Waals surface area contributed by atoms with E-state index in [-0.39, 0.29) is 18.2 Å². The van der Waals surface area contributed by atoms with Crippen LogP contribution in [0.25, 0.3) is 16.7 Å². The summed E-state index contributed by atoms with van der Waals surface area (Å²) >= 11 is 6.19. The minimum atomic E-state index is -0.379. The van der Waals surface area contributed by atoms with Crippen LogP contribution in [-0.2, 0) is 11.2 Å². The lowest BCUT2D eigenvalue weighted by Gasteiger charge is -2.26. The number of rotatable bonds is 5. The van der Waals surface area contributed by atoms with E-state index in [1.807, 2.05) is 51.9 Å². The van der Waals surface area contributed by atoms with Gasteiger partial charge in [0, 0.05) is 42.2 Å².